The molecular formula is C62H118NO8+. The van der Waals surface area contributed by atoms with Crippen LogP contribution in [0.4, 0.5) is 0 Å². The topological polar surface area (TPSA) is 108 Å². The lowest BCUT2D eigenvalue weighted by Gasteiger charge is -2.25. The second kappa shape index (κ2) is 54.0. The fourth-order valence-corrected chi connectivity index (χ4v) is 8.93. The van der Waals surface area contributed by atoms with Crippen LogP contribution in [-0.4, -0.2) is 87.4 Å². The van der Waals surface area contributed by atoms with Crippen LogP contribution in [0.1, 0.15) is 296 Å². The van der Waals surface area contributed by atoms with Crippen molar-refractivity contribution in [3.63, 3.8) is 0 Å². The molecule has 0 spiro atoms. The van der Waals surface area contributed by atoms with Gasteiger partial charge in [-0.1, -0.05) is 250 Å². The first-order valence-electron chi connectivity index (χ1n) is 30.5. The summed E-state index contributed by atoms with van der Waals surface area (Å²) in [5.74, 6) is -2.00. The molecule has 0 aliphatic rings. The number of likely N-dealkylation sites (N-methyl/N-ethyl adjacent to an activating group) is 1. The molecule has 0 amide bonds. The van der Waals surface area contributed by atoms with Gasteiger partial charge in [-0.2, -0.15) is 0 Å². The Bertz CT molecular complexity index is 1210. The summed E-state index contributed by atoms with van der Waals surface area (Å²) >= 11 is 0. The van der Waals surface area contributed by atoms with Crippen LogP contribution in [0.15, 0.2) is 24.3 Å². The molecule has 0 rings (SSSR count). The van der Waals surface area contributed by atoms with Crippen molar-refractivity contribution in [1.29, 1.82) is 0 Å². The first-order chi connectivity index (χ1) is 34.6. The quantitative estimate of drug-likeness (QED) is 0.0211. The number of carbonyl (C=O) groups is 3. The van der Waals surface area contributed by atoms with Crippen LogP contribution in [0.5, 0.6) is 0 Å². The molecule has 0 saturated carbocycles. The van der Waals surface area contributed by atoms with Gasteiger partial charge >= 0.3 is 17.9 Å². The average molecular weight is 1010 g/mol. The maximum absolute atomic E-state index is 12.8. The Morgan fingerprint density at radius 1 is 0.408 bits per heavy atom. The second-order valence-corrected chi connectivity index (χ2v) is 22.0. The highest BCUT2D eigenvalue weighted by molar-refractivity contribution is 5.71. The molecule has 71 heavy (non-hydrogen) atoms. The molecular weight excluding hydrogens is 887 g/mol. The number of ether oxygens (including phenoxy) is 4. The van der Waals surface area contributed by atoms with Crippen molar-refractivity contribution in [1.82, 2.24) is 0 Å². The molecule has 0 saturated heterocycles. The van der Waals surface area contributed by atoms with Crippen LogP contribution in [0, 0.1) is 0 Å². The van der Waals surface area contributed by atoms with Crippen LogP contribution in [-0.2, 0) is 33.3 Å². The van der Waals surface area contributed by atoms with Crippen LogP contribution in [0.3, 0.4) is 0 Å². The highest BCUT2D eigenvalue weighted by atomic mass is 16.7. The number of unbranched alkanes of at least 4 members (excludes halogenated alkanes) is 38. The molecule has 2 atom stereocenters. The molecule has 2 unspecified atom stereocenters. The first kappa shape index (κ1) is 68.8. The molecule has 1 N–H and O–H groups in total. The molecule has 0 heterocycles. The molecule has 0 aromatic rings. The minimum atomic E-state index is -1.51. The summed E-state index contributed by atoms with van der Waals surface area (Å²) in [7, 11) is 5.97. The number of hydrogen-bond donors (Lipinski definition) is 1. The smallest absolute Gasteiger partial charge is 0.361 e. The standard InChI is InChI=1S/C62H117NO8/c1-6-8-10-12-14-16-18-19-20-21-22-23-24-25-26-27-28-29-30-31-32-33-34-35-36-37-38-39-40-41-43-45-47-49-51-53-60(65)71-58(57-70-62(61(66)67)68-55-54-63(3,4)5)56-69-59(64)52-50-48-46-44-42-17-15-13-11-9-7-2/h13,15,21-22,58,62H,6-12,14,16-20,23-57H2,1-5H3/p+1/b15-13-,22-21-. The van der Waals surface area contributed by atoms with Gasteiger partial charge in [0.15, 0.2) is 6.10 Å². The van der Waals surface area contributed by atoms with E-state index in [0.717, 1.165) is 64.2 Å². The van der Waals surface area contributed by atoms with Gasteiger partial charge in [-0.25, -0.2) is 4.79 Å². The molecule has 0 radical (unpaired) electrons. The molecule has 0 aliphatic heterocycles. The molecule has 0 aliphatic carbocycles. The number of rotatable bonds is 57. The normalized spacial score (nSPS) is 12.9. The van der Waals surface area contributed by atoms with Crippen LogP contribution in [0.2, 0.25) is 0 Å². The van der Waals surface area contributed by atoms with Crippen LogP contribution in [0.25, 0.3) is 0 Å². The number of carbonyl (C=O) groups excluding carboxylic acids is 2. The Labute approximate surface area is 439 Å². The zero-order valence-electron chi connectivity index (χ0n) is 47.7. The molecule has 418 valence electrons. The maximum Gasteiger partial charge on any atom is 0.361 e. The van der Waals surface area contributed by atoms with E-state index in [1.54, 1.807) is 0 Å². The zero-order chi connectivity index (χ0) is 52.0. The SMILES string of the molecule is CCCC/C=C\CCCCCCCC(=O)OCC(COC(OCC[N+](C)(C)C)C(=O)O)OC(=O)CCCCCCCCCCCCCCCCCCCCCCCCC/C=C\CCCCCCCCCC. The van der Waals surface area contributed by atoms with E-state index in [2.05, 4.69) is 38.2 Å². The van der Waals surface area contributed by atoms with Crippen LogP contribution < -0.4 is 0 Å². The Kier molecular flexibility index (Phi) is 52.3. The van der Waals surface area contributed by atoms with E-state index in [-0.39, 0.29) is 32.2 Å². The van der Waals surface area contributed by atoms with Crippen molar-refractivity contribution >= 4 is 17.9 Å². The summed E-state index contributed by atoms with van der Waals surface area (Å²) in [6, 6.07) is 0. The minimum absolute atomic E-state index is 0.182. The molecule has 0 aromatic heterocycles. The summed E-state index contributed by atoms with van der Waals surface area (Å²) < 4.78 is 22.8. The Hall–Kier alpha value is -2.23. The van der Waals surface area contributed by atoms with Crippen molar-refractivity contribution < 1.29 is 42.9 Å². The number of hydrogen-bond acceptors (Lipinski definition) is 7. The Morgan fingerprint density at radius 2 is 0.732 bits per heavy atom. The highest BCUT2D eigenvalue weighted by Gasteiger charge is 2.25. The minimum Gasteiger partial charge on any atom is -0.477 e. The largest absolute Gasteiger partial charge is 0.477 e. The molecule has 0 bridgehead atoms. The molecule has 0 fully saturated rings. The van der Waals surface area contributed by atoms with Gasteiger partial charge in [0.1, 0.15) is 13.2 Å². The third kappa shape index (κ3) is 55.4. The van der Waals surface area contributed by atoms with E-state index >= 15 is 0 Å². The maximum atomic E-state index is 12.8. The van der Waals surface area contributed by atoms with Gasteiger partial charge in [-0.3, -0.25) is 9.59 Å². The van der Waals surface area contributed by atoms with E-state index in [1.165, 1.54) is 205 Å². The number of aliphatic carboxylic acids is 1. The summed E-state index contributed by atoms with van der Waals surface area (Å²) in [6.45, 7) is 4.86. The third-order valence-corrected chi connectivity index (χ3v) is 13.7. The van der Waals surface area contributed by atoms with Gasteiger partial charge in [0.25, 0.3) is 6.29 Å². The zero-order valence-corrected chi connectivity index (χ0v) is 47.7. The lowest BCUT2D eigenvalue weighted by molar-refractivity contribution is -0.870. The summed E-state index contributed by atoms with van der Waals surface area (Å²) in [5, 5.41) is 9.68. The van der Waals surface area contributed by atoms with Gasteiger partial charge in [0.2, 0.25) is 0 Å². The molecule has 9 heteroatoms. The van der Waals surface area contributed by atoms with E-state index in [1.807, 2.05) is 21.1 Å². The van der Waals surface area contributed by atoms with E-state index < -0.39 is 24.3 Å². The average Bonchev–Trinajstić information content (AvgIpc) is 3.34. The molecule has 0 aromatic carbocycles. The second-order valence-electron chi connectivity index (χ2n) is 22.0. The van der Waals surface area contributed by atoms with Crippen LogP contribution >= 0.6 is 0 Å². The fourth-order valence-electron chi connectivity index (χ4n) is 8.93. The van der Waals surface area contributed by atoms with Gasteiger partial charge in [-0.15, -0.1) is 0 Å². The number of carboxylic acid groups (broad SMARTS) is 1. The van der Waals surface area contributed by atoms with Crippen molar-refractivity contribution in [2.75, 3.05) is 47.5 Å². The number of quaternary nitrogens is 1. The predicted octanol–water partition coefficient (Wildman–Crippen LogP) is 17.9. The van der Waals surface area contributed by atoms with Crippen molar-refractivity contribution in [2.24, 2.45) is 0 Å². The number of carboxylic acids is 1. The first-order valence-corrected chi connectivity index (χ1v) is 30.5. The summed E-state index contributed by atoms with van der Waals surface area (Å²) in [5.41, 5.74) is 0. The molecule has 9 nitrogen and oxygen atoms in total. The van der Waals surface area contributed by atoms with Gasteiger partial charge in [0.05, 0.1) is 34.4 Å². The Balaban J connectivity index is 3.95. The fraction of sp³-hybridized carbons (Fsp3) is 0.887. The van der Waals surface area contributed by atoms with Gasteiger partial charge in [-0.05, 0) is 57.8 Å². The van der Waals surface area contributed by atoms with Gasteiger partial charge in [0, 0.05) is 12.8 Å². The van der Waals surface area contributed by atoms with Crippen molar-refractivity contribution in [3.8, 4) is 0 Å². The van der Waals surface area contributed by atoms with E-state index in [9.17, 15) is 19.5 Å². The number of nitrogens with zero attached hydrogens (tertiary/aromatic N) is 1. The lowest BCUT2D eigenvalue weighted by atomic mass is 10.0. The highest BCUT2D eigenvalue weighted by Crippen LogP contribution is 2.18. The summed E-state index contributed by atoms with van der Waals surface area (Å²) in [4.78, 5) is 37.3. The van der Waals surface area contributed by atoms with E-state index in [4.69, 9.17) is 18.9 Å². The number of esters is 2. The van der Waals surface area contributed by atoms with Crippen molar-refractivity contribution in [3.05, 3.63) is 24.3 Å². The Morgan fingerprint density at radius 3 is 1.08 bits per heavy atom. The monoisotopic (exact) mass is 1000 g/mol. The summed E-state index contributed by atoms with van der Waals surface area (Å²) in [6.07, 6.45) is 61.6. The lowest BCUT2D eigenvalue weighted by Crippen LogP contribution is -2.40. The number of allylic oxidation sites excluding steroid dienone is 4. The van der Waals surface area contributed by atoms with E-state index in [0.29, 0.717) is 17.4 Å². The predicted molar refractivity (Wildman–Crippen MR) is 300 cm³/mol. The van der Waals surface area contributed by atoms with Crippen molar-refractivity contribution in [2.45, 2.75) is 309 Å². The third-order valence-electron chi connectivity index (χ3n) is 13.7. The van der Waals surface area contributed by atoms with Gasteiger partial charge < -0.3 is 28.5 Å².